The lowest BCUT2D eigenvalue weighted by Crippen LogP contribution is -2.16. The van der Waals surface area contributed by atoms with Gasteiger partial charge in [-0.2, -0.15) is 0 Å². The average Bonchev–Trinajstić information content (AvgIpc) is 2.59. The van der Waals surface area contributed by atoms with Gasteiger partial charge in [-0.1, -0.05) is 17.7 Å². The molecule has 0 amide bonds. The number of rotatable bonds is 4. The Balaban J connectivity index is 1.88. The highest BCUT2D eigenvalue weighted by atomic mass is 35.5. The molecule has 7 heteroatoms. The maximum Gasteiger partial charge on any atom is 0.351 e. The van der Waals surface area contributed by atoms with Gasteiger partial charge in [0.05, 0.1) is 0 Å². The van der Waals surface area contributed by atoms with Crippen molar-refractivity contribution in [2.24, 2.45) is 0 Å². The minimum Gasteiger partial charge on any atom is -0.461 e. The highest BCUT2D eigenvalue weighted by Gasteiger charge is 2.18. The molecule has 2 aromatic rings. The van der Waals surface area contributed by atoms with Crippen molar-refractivity contribution in [2.45, 2.75) is 26.4 Å². The fourth-order valence-corrected chi connectivity index (χ4v) is 2.68. The predicted molar refractivity (Wildman–Crippen MR) is 94.6 cm³/mol. The van der Waals surface area contributed by atoms with Gasteiger partial charge in [0.25, 0.3) is 0 Å². The first-order valence-electron chi connectivity index (χ1n) is 7.91. The molecule has 0 unspecified atom stereocenters. The zero-order valence-corrected chi connectivity index (χ0v) is 14.7. The monoisotopic (exact) mass is 374 g/mol. The van der Waals surface area contributed by atoms with E-state index in [0.717, 1.165) is 0 Å². The number of ether oxygens (including phenoxy) is 2. The third kappa shape index (κ3) is 4.21. The van der Waals surface area contributed by atoms with E-state index in [0.29, 0.717) is 40.2 Å². The van der Waals surface area contributed by atoms with Crippen LogP contribution in [0.3, 0.4) is 0 Å². The second kappa shape index (κ2) is 7.58. The quantitative estimate of drug-likeness (QED) is 0.597. The Bertz CT molecular complexity index is 999. The van der Waals surface area contributed by atoms with Crippen LogP contribution >= 0.6 is 11.6 Å². The van der Waals surface area contributed by atoms with Crippen LogP contribution in [0.15, 0.2) is 56.4 Å². The Morgan fingerprint density at radius 2 is 2.08 bits per heavy atom. The molecule has 26 heavy (non-hydrogen) atoms. The van der Waals surface area contributed by atoms with E-state index in [-0.39, 0.29) is 12.2 Å². The largest absolute Gasteiger partial charge is 0.461 e. The second-order valence-electron chi connectivity index (χ2n) is 5.73. The molecule has 0 saturated carbocycles. The summed E-state index contributed by atoms with van der Waals surface area (Å²) in [6.07, 6.45) is 4.61. The SMILES string of the molecule is CC(=O)OCc1ccc2oc(=O)c(C(=O)OC3=CCCC(Cl)=C3)cc2c1. The van der Waals surface area contributed by atoms with E-state index in [9.17, 15) is 14.4 Å². The normalized spacial score (nSPS) is 13.8. The summed E-state index contributed by atoms with van der Waals surface area (Å²) >= 11 is 5.93. The number of benzene rings is 1. The van der Waals surface area contributed by atoms with E-state index in [1.807, 2.05) is 0 Å². The molecule has 0 aliphatic heterocycles. The Labute approximate surface area is 153 Å². The molecule has 0 spiro atoms. The molecule has 134 valence electrons. The molecule has 1 aliphatic carbocycles. The van der Waals surface area contributed by atoms with Gasteiger partial charge in [0.15, 0.2) is 0 Å². The van der Waals surface area contributed by atoms with Crippen molar-refractivity contribution in [3.63, 3.8) is 0 Å². The molecule has 0 saturated heterocycles. The van der Waals surface area contributed by atoms with Gasteiger partial charge in [-0.25, -0.2) is 9.59 Å². The number of carbonyl (C=O) groups excluding carboxylic acids is 2. The molecule has 0 radical (unpaired) electrons. The zero-order chi connectivity index (χ0) is 18.7. The van der Waals surface area contributed by atoms with Crippen LogP contribution in [0.25, 0.3) is 11.0 Å². The van der Waals surface area contributed by atoms with Crippen LogP contribution in [-0.2, 0) is 20.9 Å². The van der Waals surface area contributed by atoms with Crippen molar-refractivity contribution in [1.29, 1.82) is 0 Å². The van der Waals surface area contributed by atoms with E-state index in [2.05, 4.69) is 0 Å². The molecule has 3 rings (SSSR count). The molecule has 1 heterocycles. The lowest BCUT2D eigenvalue weighted by Gasteiger charge is -2.10. The average molecular weight is 375 g/mol. The van der Waals surface area contributed by atoms with Gasteiger partial charge in [0, 0.05) is 17.3 Å². The number of carbonyl (C=O) groups is 2. The molecule has 1 aromatic carbocycles. The summed E-state index contributed by atoms with van der Waals surface area (Å²) in [4.78, 5) is 35.3. The van der Waals surface area contributed by atoms with E-state index in [1.165, 1.54) is 13.0 Å². The number of hydrogen-bond donors (Lipinski definition) is 0. The Hall–Kier alpha value is -2.86. The van der Waals surface area contributed by atoms with Gasteiger partial charge in [-0.05, 0) is 48.8 Å². The van der Waals surface area contributed by atoms with Crippen LogP contribution in [0.1, 0.15) is 35.7 Å². The van der Waals surface area contributed by atoms with E-state index in [4.69, 9.17) is 25.5 Å². The van der Waals surface area contributed by atoms with E-state index < -0.39 is 17.6 Å². The molecule has 0 atom stereocenters. The van der Waals surface area contributed by atoms with E-state index >= 15 is 0 Å². The molecule has 1 aliphatic rings. The van der Waals surface area contributed by atoms with Gasteiger partial charge in [0.1, 0.15) is 23.5 Å². The number of allylic oxidation sites excluding steroid dienone is 3. The van der Waals surface area contributed by atoms with Crippen LogP contribution in [-0.4, -0.2) is 11.9 Å². The summed E-state index contributed by atoms with van der Waals surface area (Å²) in [5.41, 5.74) is 0.00312. The smallest absolute Gasteiger partial charge is 0.351 e. The molecular weight excluding hydrogens is 360 g/mol. The first-order chi connectivity index (χ1) is 12.4. The molecule has 0 bridgehead atoms. The van der Waals surface area contributed by atoms with Gasteiger partial charge in [-0.3, -0.25) is 4.79 Å². The first kappa shape index (κ1) is 17.9. The first-order valence-corrected chi connectivity index (χ1v) is 8.29. The number of fused-ring (bicyclic) bond motifs is 1. The number of hydrogen-bond acceptors (Lipinski definition) is 6. The molecule has 0 N–H and O–H groups in total. The minimum atomic E-state index is -0.820. The fourth-order valence-electron chi connectivity index (χ4n) is 2.46. The summed E-state index contributed by atoms with van der Waals surface area (Å²) in [5.74, 6) is -0.921. The van der Waals surface area contributed by atoms with Crippen molar-refractivity contribution < 1.29 is 23.5 Å². The molecule has 6 nitrogen and oxygen atoms in total. The van der Waals surface area contributed by atoms with Crippen molar-refractivity contribution in [3.8, 4) is 0 Å². The summed E-state index contributed by atoms with van der Waals surface area (Å²) in [6.45, 7) is 1.40. The topological polar surface area (TPSA) is 82.8 Å². The maximum absolute atomic E-state index is 12.3. The summed E-state index contributed by atoms with van der Waals surface area (Å²) < 4.78 is 15.3. The highest BCUT2D eigenvalue weighted by molar-refractivity contribution is 6.29. The van der Waals surface area contributed by atoms with Gasteiger partial charge >= 0.3 is 17.6 Å². The fraction of sp³-hybridized carbons (Fsp3) is 0.211. The molecule has 0 fully saturated rings. The van der Waals surface area contributed by atoms with Crippen LogP contribution in [0.5, 0.6) is 0 Å². The zero-order valence-electron chi connectivity index (χ0n) is 13.9. The Morgan fingerprint density at radius 1 is 1.27 bits per heavy atom. The summed E-state index contributed by atoms with van der Waals surface area (Å²) in [7, 11) is 0. The highest BCUT2D eigenvalue weighted by Crippen LogP contribution is 2.22. The van der Waals surface area contributed by atoms with Crippen LogP contribution in [0.2, 0.25) is 0 Å². The van der Waals surface area contributed by atoms with Crippen LogP contribution in [0.4, 0.5) is 0 Å². The maximum atomic E-state index is 12.3. The van der Waals surface area contributed by atoms with Crippen LogP contribution in [0, 0.1) is 0 Å². The third-order valence-electron chi connectivity index (χ3n) is 3.70. The minimum absolute atomic E-state index is 0.0837. The number of halogens is 1. The lowest BCUT2D eigenvalue weighted by atomic mass is 10.1. The van der Waals surface area contributed by atoms with Crippen molar-refractivity contribution in [3.05, 3.63) is 68.8 Å². The predicted octanol–water partition coefficient (Wildman–Crippen LogP) is 3.81. The van der Waals surface area contributed by atoms with Gasteiger partial charge in [-0.15, -0.1) is 0 Å². The van der Waals surface area contributed by atoms with Crippen molar-refractivity contribution in [1.82, 2.24) is 0 Å². The van der Waals surface area contributed by atoms with E-state index in [1.54, 1.807) is 30.4 Å². The lowest BCUT2D eigenvalue weighted by molar-refractivity contribution is -0.142. The summed E-state index contributed by atoms with van der Waals surface area (Å²) in [5, 5.41) is 1.10. The van der Waals surface area contributed by atoms with Crippen molar-refractivity contribution in [2.75, 3.05) is 0 Å². The van der Waals surface area contributed by atoms with Gasteiger partial charge in [0.2, 0.25) is 0 Å². The Kier molecular flexibility index (Phi) is 5.23. The second-order valence-corrected chi connectivity index (χ2v) is 6.21. The van der Waals surface area contributed by atoms with Crippen molar-refractivity contribution >= 4 is 34.5 Å². The standard InChI is InChI=1S/C19H15ClO6/c1-11(21)24-10-12-5-6-17-13(7-12)8-16(19(23)26-17)18(22)25-15-4-2-3-14(20)9-15/h4-9H,2-3,10H2,1H3. The summed E-state index contributed by atoms with van der Waals surface area (Å²) in [6, 6.07) is 6.33. The molecular formula is C19H15ClO6. The van der Waals surface area contributed by atoms with Crippen LogP contribution < -0.4 is 5.63 Å². The third-order valence-corrected chi connectivity index (χ3v) is 3.99. The Morgan fingerprint density at radius 3 is 2.81 bits per heavy atom. The molecule has 1 aromatic heterocycles. The number of esters is 2. The van der Waals surface area contributed by atoms with Gasteiger partial charge < -0.3 is 13.9 Å².